The van der Waals surface area contributed by atoms with E-state index < -0.39 is 17.7 Å². The molecule has 0 aliphatic heterocycles. The maximum Gasteiger partial charge on any atom is 0.329 e. The smallest absolute Gasteiger partial charge is 0.329 e. The summed E-state index contributed by atoms with van der Waals surface area (Å²) in [5.41, 5.74) is 3.96. The first-order chi connectivity index (χ1) is 15.7. The van der Waals surface area contributed by atoms with Crippen LogP contribution in [0.3, 0.4) is 0 Å². The predicted octanol–water partition coefficient (Wildman–Crippen LogP) is 3.08. The highest BCUT2D eigenvalue weighted by atomic mass is 35.5. The van der Waals surface area contributed by atoms with Gasteiger partial charge in [-0.05, 0) is 42.3 Å². The van der Waals surface area contributed by atoms with Gasteiger partial charge in [-0.1, -0.05) is 35.3 Å². The molecule has 0 saturated heterocycles. The van der Waals surface area contributed by atoms with Gasteiger partial charge in [0.25, 0.3) is 5.91 Å². The molecule has 2 rings (SSSR count). The highest BCUT2D eigenvalue weighted by Gasteiger charge is 2.15. The van der Waals surface area contributed by atoms with Crippen molar-refractivity contribution in [1.29, 1.82) is 0 Å². The minimum atomic E-state index is -0.938. The van der Waals surface area contributed by atoms with Crippen LogP contribution in [0, 0.1) is 6.92 Å². The van der Waals surface area contributed by atoms with Crippen molar-refractivity contribution in [3.8, 4) is 11.5 Å². The highest BCUT2D eigenvalue weighted by molar-refractivity contribution is 6.35. The van der Waals surface area contributed by atoms with Crippen LogP contribution in [0.15, 0.2) is 48.1 Å². The lowest BCUT2D eigenvalue weighted by Gasteiger charge is -2.14. The van der Waals surface area contributed by atoms with Crippen molar-refractivity contribution in [2.45, 2.75) is 6.92 Å². The van der Waals surface area contributed by atoms with Crippen LogP contribution in [0.4, 0.5) is 5.69 Å². The Balaban J connectivity index is 2.02. The summed E-state index contributed by atoms with van der Waals surface area (Å²) in [6, 6.07) is 8.18. The first-order valence-electron chi connectivity index (χ1n) is 9.53. The molecule has 0 saturated carbocycles. The Labute approximate surface area is 200 Å². The zero-order valence-electron chi connectivity index (χ0n) is 17.9. The van der Waals surface area contributed by atoms with Gasteiger partial charge in [0.1, 0.15) is 0 Å². The molecular weight excluding hydrogens is 471 g/mol. The van der Waals surface area contributed by atoms with Gasteiger partial charge in [0.15, 0.2) is 18.1 Å². The third kappa shape index (κ3) is 7.81. The minimum Gasteiger partial charge on any atom is -0.493 e. The zero-order valence-corrected chi connectivity index (χ0v) is 19.4. The molecule has 174 valence electrons. The number of nitrogens with one attached hydrogen (secondary N) is 3. The normalized spacial score (nSPS) is 10.4. The third-order valence-electron chi connectivity index (χ3n) is 4.07. The Morgan fingerprint density at radius 3 is 2.61 bits per heavy atom. The number of aryl methyl sites for hydroxylation is 1. The van der Waals surface area contributed by atoms with Crippen LogP contribution in [0.1, 0.15) is 11.1 Å². The summed E-state index contributed by atoms with van der Waals surface area (Å²) in [5, 5.41) is 9.39. The molecule has 2 aromatic carbocycles. The molecule has 2 aromatic rings. The fourth-order valence-corrected chi connectivity index (χ4v) is 2.91. The summed E-state index contributed by atoms with van der Waals surface area (Å²) in [7, 11) is 1.40. The highest BCUT2D eigenvalue weighted by Crippen LogP contribution is 2.36. The van der Waals surface area contributed by atoms with Gasteiger partial charge in [-0.15, -0.1) is 6.58 Å². The minimum absolute atomic E-state index is 0.151. The number of hydrogen-bond acceptors (Lipinski definition) is 6. The van der Waals surface area contributed by atoms with Gasteiger partial charge in [0.05, 0.1) is 18.3 Å². The largest absolute Gasteiger partial charge is 0.493 e. The summed E-state index contributed by atoms with van der Waals surface area (Å²) in [6.07, 6.45) is 2.71. The van der Waals surface area contributed by atoms with Gasteiger partial charge in [-0.25, -0.2) is 5.43 Å². The van der Waals surface area contributed by atoms with Crippen LogP contribution in [-0.2, 0) is 14.4 Å². The van der Waals surface area contributed by atoms with Crippen LogP contribution in [-0.4, -0.2) is 44.2 Å². The van der Waals surface area contributed by atoms with Crippen molar-refractivity contribution in [3.63, 3.8) is 0 Å². The molecule has 0 bridgehead atoms. The van der Waals surface area contributed by atoms with E-state index >= 15 is 0 Å². The summed E-state index contributed by atoms with van der Waals surface area (Å²) in [5.74, 6) is -1.81. The van der Waals surface area contributed by atoms with Crippen LogP contribution in [0.2, 0.25) is 10.0 Å². The Morgan fingerprint density at radius 2 is 1.91 bits per heavy atom. The molecule has 9 nitrogen and oxygen atoms in total. The number of ether oxygens (including phenoxy) is 2. The Kier molecular flexibility index (Phi) is 9.71. The van der Waals surface area contributed by atoms with Crippen molar-refractivity contribution < 1.29 is 23.9 Å². The van der Waals surface area contributed by atoms with Crippen LogP contribution >= 0.6 is 23.2 Å². The number of carbonyl (C=O) groups excluding carboxylic acids is 3. The van der Waals surface area contributed by atoms with E-state index in [2.05, 4.69) is 27.7 Å². The van der Waals surface area contributed by atoms with Crippen molar-refractivity contribution >= 4 is 52.8 Å². The second kappa shape index (κ2) is 12.5. The van der Waals surface area contributed by atoms with E-state index in [9.17, 15) is 14.4 Å². The van der Waals surface area contributed by atoms with Crippen LogP contribution in [0.25, 0.3) is 0 Å². The predicted molar refractivity (Wildman–Crippen MR) is 127 cm³/mol. The molecule has 3 N–H and O–H groups in total. The SMILES string of the molecule is C=CCNC(=O)C(=O)N/N=C\c1cc(Cl)c(OCC(=O)Nc2cc(Cl)ccc2C)c(OC)c1. The Bertz CT molecular complexity index is 1090. The zero-order chi connectivity index (χ0) is 24.4. The maximum absolute atomic E-state index is 12.3. The number of amides is 3. The standard InChI is InChI=1S/C22H22Cl2N4O5/c1-4-7-25-21(30)22(31)28-26-11-14-8-16(24)20(18(9-14)32-3)33-12-19(29)27-17-10-15(23)6-5-13(17)2/h4-6,8-11H,1,7,12H2,2-3H3,(H,25,30)(H,27,29)(H,28,31)/b26-11-. The van der Waals surface area contributed by atoms with Gasteiger partial charge in [0, 0.05) is 17.3 Å². The fourth-order valence-electron chi connectivity index (χ4n) is 2.47. The summed E-state index contributed by atoms with van der Waals surface area (Å²) >= 11 is 12.2. The van der Waals surface area contributed by atoms with Crippen LogP contribution in [0.5, 0.6) is 11.5 Å². The van der Waals surface area contributed by atoms with Gasteiger partial charge in [0.2, 0.25) is 0 Å². The number of hydrogen-bond donors (Lipinski definition) is 3. The van der Waals surface area contributed by atoms with Gasteiger partial charge >= 0.3 is 11.8 Å². The molecule has 0 heterocycles. The monoisotopic (exact) mass is 492 g/mol. The summed E-state index contributed by atoms with van der Waals surface area (Å²) in [6.45, 7) is 5.10. The number of rotatable bonds is 9. The van der Waals surface area contributed by atoms with Crippen molar-refractivity contribution in [2.75, 3.05) is 25.6 Å². The van der Waals surface area contributed by atoms with E-state index in [1.807, 2.05) is 6.92 Å². The second-order valence-electron chi connectivity index (χ2n) is 6.53. The number of methoxy groups -OCH3 is 1. The summed E-state index contributed by atoms with van der Waals surface area (Å²) in [4.78, 5) is 35.4. The Hall–Kier alpha value is -3.56. The van der Waals surface area contributed by atoms with E-state index in [1.165, 1.54) is 31.5 Å². The maximum atomic E-state index is 12.3. The quantitative estimate of drug-likeness (QED) is 0.215. The van der Waals surface area contributed by atoms with E-state index in [4.69, 9.17) is 32.7 Å². The summed E-state index contributed by atoms with van der Waals surface area (Å²) < 4.78 is 10.8. The number of anilines is 1. The lowest BCUT2D eigenvalue weighted by atomic mass is 10.2. The number of benzene rings is 2. The van der Waals surface area contributed by atoms with Crippen molar-refractivity contribution in [1.82, 2.24) is 10.7 Å². The molecule has 0 aliphatic rings. The first-order valence-corrected chi connectivity index (χ1v) is 10.3. The molecule has 0 spiro atoms. The molecule has 0 aliphatic carbocycles. The second-order valence-corrected chi connectivity index (χ2v) is 7.37. The number of carbonyl (C=O) groups is 3. The van der Waals surface area contributed by atoms with Crippen molar-refractivity contribution in [2.24, 2.45) is 5.10 Å². The van der Waals surface area contributed by atoms with Gasteiger partial charge in [-0.2, -0.15) is 5.10 Å². The average Bonchev–Trinajstić information content (AvgIpc) is 2.78. The molecule has 0 aromatic heterocycles. The Morgan fingerprint density at radius 1 is 1.15 bits per heavy atom. The van der Waals surface area contributed by atoms with E-state index in [0.717, 1.165) is 5.56 Å². The van der Waals surface area contributed by atoms with E-state index in [-0.39, 0.29) is 29.7 Å². The van der Waals surface area contributed by atoms with Crippen LogP contribution < -0.4 is 25.5 Å². The lowest BCUT2D eigenvalue weighted by Crippen LogP contribution is -2.37. The molecule has 11 heteroatoms. The number of nitrogens with zero attached hydrogens (tertiary/aromatic N) is 1. The lowest BCUT2D eigenvalue weighted by molar-refractivity contribution is -0.139. The molecule has 3 amide bonds. The topological polar surface area (TPSA) is 118 Å². The fraction of sp³-hybridized carbons (Fsp3) is 0.182. The molecule has 0 radical (unpaired) electrons. The molecular formula is C22H22Cl2N4O5. The van der Waals surface area contributed by atoms with Gasteiger partial charge < -0.3 is 20.1 Å². The molecule has 33 heavy (non-hydrogen) atoms. The van der Waals surface area contributed by atoms with Gasteiger partial charge in [-0.3, -0.25) is 14.4 Å². The van der Waals surface area contributed by atoms with E-state index in [0.29, 0.717) is 16.3 Å². The number of hydrazone groups is 1. The molecule has 0 atom stereocenters. The molecule has 0 unspecified atom stereocenters. The third-order valence-corrected chi connectivity index (χ3v) is 4.58. The first kappa shape index (κ1) is 25.7. The van der Waals surface area contributed by atoms with Crippen molar-refractivity contribution in [3.05, 3.63) is 64.2 Å². The average molecular weight is 493 g/mol. The molecule has 0 fully saturated rings. The number of halogens is 2. The van der Waals surface area contributed by atoms with E-state index in [1.54, 1.807) is 18.2 Å².